The molecular weight excluding hydrogens is 408 g/mol. The molecule has 0 fully saturated rings. The van der Waals surface area contributed by atoms with Crippen molar-refractivity contribution < 1.29 is 14.7 Å². The van der Waals surface area contributed by atoms with Gasteiger partial charge in [0.15, 0.2) is 0 Å². The van der Waals surface area contributed by atoms with E-state index in [0.717, 1.165) is 11.3 Å². The van der Waals surface area contributed by atoms with Gasteiger partial charge in [0.1, 0.15) is 5.56 Å². The lowest BCUT2D eigenvalue weighted by molar-refractivity contribution is 0.0699. The standard InChI is InChI=1S/C20H17ClN2O3S.C2H6/c1-23(2)15-9-5-13(6-10-15)19(24)22-16-11-27-18(17(16)20(25)26)12-3-7-14(21)8-4-12;1-2/h3-11H,1-2H3,(H,22,24)(H,25,26);1-2H3. The fourth-order valence-corrected chi connectivity index (χ4v) is 3.71. The van der Waals surface area contributed by atoms with Crippen LogP contribution in [0.2, 0.25) is 5.02 Å². The third-order valence-corrected chi connectivity index (χ3v) is 5.29. The second-order valence-electron chi connectivity index (χ2n) is 6.06. The Morgan fingerprint density at radius 1 is 1.00 bits per heavy atom. The zero-order chi connectivity index (χ0) is 21.6. The molecule has 1 amide bonds. The molecule has 7 heteroatoms. The van der Waals surface area contributed by atoms with Crippen molar-refractivity contribution in [2.24, 2.45) is 0 Å². The van der Waals surface area contributed by atoms with Crippen LogP contribution in [0.5, 0.6) is 0 Å². The van der Waals surface area contributed by atoms with Crippen LogP contribution in [0.4, 0.5) is 11.4 Å². The van der Waals surface area contributed by atoms with Crippen molar-refractivity contribution in [2.75, 3.05) is 24.3 Å². The van der Waals surface area contributed by atoms with Crippen LogP contribution in [-0.2, 0) is 0 Å². The monoisotopic (exact) mass is 430 g/mol. The van der Waals surface area contributed by atoms with Crippen LogP contribution in [0.1, 0.15) is 34.6 Å². The first-order valence-corrected chi connectivity index (χ1v) is 10.3. The third kappa shape index (κ3) is 5.37. The summed E-state index contributed by atoms with van der Waals surface area (Å²) >= 11 is 7.16. The van der Waals surface area contributed by atoms with Crippen LogP contribution in [0.3, 0.4) is 0 Å². The van der Waals surface area contributed by atoms with Gasteiger partial charge in [-0.2, -0.15) is 0 Å². The predicted octanol–water partition coefficient (Wildman–Crippen LogP) is 6.11. The van der Waals surface area contributed by atoms with Crippen molar-refractivity contribution >= 4 is 46.2 Å². The van der Waals surface area contributed by atoms with Gasteiger partial charge in [0.05, 0.1) is 10.6 Å². The normalized spacial score (nSPS) is 9.97. The van der Waals surface area contributed by atoms with Crippen molar-refractivity contribution in [1.82, 2.24) is 0 Å². The van der Waals surface area contributed by atoms with E-state index < -0.39 is 5.97 Å². The number of halogens is 1. The van der Waals surface area contributed by atoms with Gasteiger partial charge in [-0.15, -0.1) is 11.3 Å². The van der Waals surface area contributed by atoms with Gasteiger partial charge in [0.25, 0.3) is 5.91 Å². The Balaban J connectivity index is 0.00000145. The average Bonchev–Trinajstić information content (AvgIpc) is 3.14. The fourth-order valence-electron chi connectivity index (χ4n) is 2.58. The summed E-state index contributed by atoms with van der Waals surface area (Å²) in [5.41, 5.74) is 2.51. The Bertz CT molecular complexity index is 980. The molecule has 0 atom stereocenters. The van der Waals surface area contributed by atoms with E-state index in [9.17, 15) is 14.7 Å². The van der Waals surface area contributed by atoms with Crippen LogP contribution in [-0.4, -0.2) is 31.1 Å². The molecule has 2 aromatic carbocycles. The van der Waals surface area contributed by atoms with Crippen LogP contribution in [0, 0.1) is 0 Å². The molecule has 0 saturated carbocycles. The molecule has 0 aliphatic heterocycles. The second kappa shape index (κ2) is 10.1. The lowest BCUT2D eigenvalue weighted by Gasteiger charge is -2.12. The molecule has 0 unspecified atom stereocenters. The van der Waals surface area contributed by atoms with Gasteiger partial charge in [-0.05, 0) is 42.0 Å². The molecule has 3 rings (SSSR count). The number of carbonyl (C=O) groups is 2. The Kier molecular flexibility index (Phi) is 7.82. The first kappa shape index (κ1) is 22.5. The number of anilines is 2. The summed E-state index contributed by atoms with van der Waals surface area (Å²) < 4.78 is 0. The number of thiophene rings is 1. The minimum atomic E-state index is -1.10. The van der Waals surface area contributed by atoms with Crippen LogP contribution < -0.4 is 10.2 Å². The van der Waals surface area contributed by atoms with Crippen molar-refractivity contribution in [3.05, 3.63) is 70.1 Å². The Morgan fingerprint density at radius 3 is 2.10 bits per heavy atom. The molecule has 0 spiro atoms. The summed E-state index contributed by atoms with van der Waals surface area (Å²) in [7, 11) is 3.83. The van der Waals surface area contributed by atoms with E-state index in [2.05, 4.69) is 5.32 Å². The summed E-state index contributed by atoms with van der Waals surface area (Å²) in [4.78, 5) is 26.8. The quantitative estimate of drug-likeness (QED) is 0.512. The summed E-state index contributed by atoms with van der Waals surface area (Å²) in [6.45, 7) is 4.00. The van der Waals surface area contributed by atoms with E-state index in [1.165, 1.54) is 11.3 Å². The van der Waals surface area contributed by atoms with Gasteiger partial charge in [0, 0.05) is 35.7 Å². The molecule has 5 nitrogen and oxygen atoms in total. The number of carbonyl (C=O) groups excluding carboxylic acids is 1. The Morgan fingerprint density at radius 2 is 1.59 bits per heavy atom. The minimum Gasteiger partial charge on any atom is -0.478 e. The zero-order valence-corrected chi connectivity index (χ0v) is 18.3. The molecule has 0 radical (unpaired) electrons. The van der Waals surface area contributed by atoms with Crippen molar-refractivity contribution in [2.45, 2.75) is 13.8 Å². The average molecular weight is 431 g/mol. The summed E-state index contributed by atoms with van der Waals surface area (Å²) in [5, 5.41) is 14.6. The number of hydrogen-bond acceptors (Lipinski definition) is 4. The maximum Gasteiger partial charge on any atom is 0.339 e. The number of carboxylic acid groups (broad SMARTS) is 1. The highest BCUT2D eigenvalue weighted by atomic mass is 35.5. The summed E-state index contributed by atoms with van der Waals surface area (Å²) in [6, 6.07) is 14.0. The van der Waals surface area contributed by atoms with E-state index in [0.29, 0.717) is 15.5 Å². The highest BCUT2D eigenvalue weighted by Gasteiger charge is 2.21. The number of nitrogens with zero attached hydrogens (tertiary/aromatic N) is 1. The maximum atomic E-state index is 12.5. The molecule has 3 aromatic rings. The maximum absolute atomic E-state index is 12.5. The van der Waals surface area contributed by atoms with Gasteiger partial charge < -0.3 is 15.3 Å². The molecule has 152 valence electrons. The van der Waals surface area contributed by atoms with E-state index in [-0.39, 0.29) is 17.2 Å². The molecule has 0 aliphatic rings. The van der Waals surface area contributed by atoms with Crippen molar-refractivity contribution in [3.8, 4) is 10.4 Å². The summed E-state index contributed by atoms with van der Waals surface area (Å²) in [5.74, 6) is -1.46. The van der Waals surface area contributed by atoms with Crippen LogP contribution >= 0.6 is 22.9 Å². The lowest BCUT2D eigenvalue weighted by Crippen LogP contribution is -2.14. The molecule has 0 saturated heterocycles. The van der Waals surface area contributed by atoms with E-state index in [1.54, 1.807) is 41.8 Å². The van der Waals surface area contributed by atoms with Gasteiger partial charge in [-0.1, -0.05) is 37.6 Å². The molecule has 0 bridgehead atoms. The molecule has 0 aliphatic carbocycles. The topological polar surface area (TPSA) is 69.6 Å². The molecule has 2 N–H and O–H groups in total. The predicted molar refractivity (Wildman–Crippen MR) is 122 cm³/mol. The van der Waals surface area contributed by atoms with Crippen molar-refractivity contribution in [1.29, 1.82) is 0 Å². The lowest BCUT2D eigenvalue weighted by atomic mass is 10.1. The van der Waals surface area contributed by atoms with E-state index in [1.807, 2.05) is 45.0 Å². The first-order chi connectivity index (χ1) is 13.9. The van der Waals surface area contributed by atoms with Crippen LogP contribution in [0.15, 0.2) is 53.9 Å². The van der Waals surface area contributed by atoms with E-state index >= 15 is 0 Å². The number of rotatable bonds is 5. The number of carboxylic acids is 1. The van der Waals surface area contributed by atoms with Crippen molar-refractivity contribution in [3.63, 3.8) is 0 Å². The van der Waals surface area contributed by atoms with Gasteiger partial charge in [-0.3, -0.25) is 4.79 Å². The number of amides is 1. The smallest absolute Gasteiger partial charge is 0.339 e. The van der Waals surface area contributed by atoms with E-state index in [4.69, 9.17) is 11.6 Å². The van der Waals surface area contributed by atoms with Gasteiger partial charge in [-0.25, -0.2) is 4.79 Å². The van der Waals surface area contributed by atoms with Crippen LogP contribution in [0.25, 0.3) is 10.4 Å². The highest BCUT2D eigenvalue weighted by molar-refractivity contribution is 7.14. The van der Waals surface area contributed by atoms with Gasteiger partial charge in [0.2, 0.25) is 0 Å². The third-order valence-electron chi connectivity index (χ3n) is 4.01. The Labute approximate surface area is 179 Å². The molecule has 1 aromatic heterocycles. The summed E-state index contributed by atoms with van der Waals surface area (Å²) in [6.07, 6.45) is 0. The fraction of sp³-hybridized carbons (Fsp3) is 0.182. The second-order valence-corrected chi connectivity index (χ2v) is 7.38. The molecule has 1 heterocycles. The zero-order valence-electron chi connectivity index (χ0n) is 16.7. The largest absolute Gasteiger partial charge is 0.478 e. The number of nitrogens with one attached hydrogen (secondary N) is 1. The molecule has 29 heavy (non-hydrogen) atoms. The Hall–Kier alpha value is -2.83. The minimum absolute atomic E-state index is 0.0700. The number of aromatic carboxylic acids is 1. The first-order valence-electron chi connectivity index (χ1n) is 9.06. The molecular formula is C22H23ClN2O3S. The highest BCUT2D eigenvalue weighted by Crippen LogP contribution is 2.36. The SMILES string of the molecule is CC.CN(C)c1ccc(C(=O)Nc2csc(-c3ccc(Cl)cc3)c2C(=O)O)cc1. The number of hydrogen-bond donors (Lipinski definition) is 2. The number of benzene rings is 2. The van der Waals surface area contributed by atoms with Gasteiger partial charge >= 0.3 is 5.97 Å².